The number of nitrogens with zero attached hydrogens (tertiary/aromatic N) is 4. The summed E-state index contributed by atoms with van der Waals surface area (Å²) in [5.41, 5.74) is 1.93. The van der Waals surface area contributed by atoms with Crippen LogP contribution in [0.5, 0.6) is 0 Å². The number of hydrogen-bond acceptors (Lipinski definition) is 4. The average Bonchev–Trinajstić information content (AvgIpc) is 2.86. The van der Waals surface area contributed by atoms with E-state index in [1.54, 1.807) is 0 Å². The molecule has 1 amide bonds. The van der Waals surface area contributed by atoms with Crippen LogP contribution in [0.4, 0.5) is 5.82 Å². The molecule has 2 saturated heterocycles. The maximum absolute atomic E-state index is 12.7. The van der Waals surface area contributed by atoms with Crippen LogP contribution < -0.4 is 4.90 Å². The van der Waals surface area contributed by atoms with E-state index >= 15 is 0 Å². The first-order valence-corrected chi connectivity index (χ1v) is 8.99. The topological polar surface area (TPSA) is 49.3 Å². The van der Waals surface area contributed by atoms with Crippen LogP contribution in [-0.2, 0) is 4.79 Å². The molecule has 0 aromatic carbocycles. The number of rotatable bonds is 2. The van der Waals surface area contributed by atoms with Crippen LogP contribution >= 0.6 is 0 Å². The first kappa shape index (κ1) is 16.2. The van der Waals surface area contributed by atoms with Gasteiger partial charge in [-0.25, -0.2) is 4.98 Å². The molecule has 0 spiro atoms. The molecule has 1 aromatic heterocycles. The molecule has 0 unspecified atom stereocenters. The second-order valence-electron chi connectivity index (χ2n) is 6.92. The van der Waals surface area contributed by atoms with Crippen LogP contribution in [0, 0.1) is 19.8 Å². The van der Waals surface area contributed by atoms with Crippen molar-refractivity contribution in [1.29, 1.82) is 0 Å². The Bertz CT molecular complexity index is 544. The first-order valence-electron chi connectivity index (χ1n) is 8.99. The fourth-order valence-corrected chi connectivity index (χ4v) is 3.71. The van der Waals surface area contributed by atoms with Gasteiger partial charge in [-0.2, -0.15) is 0 Å². The summed E-state index contributed by atoms with van der Waals surface area (Å²) in [6, 6.07) is 0. The van der Waals surface area contributed by atoms with Crippen molar-refractivity contribution in [2.45, 2.75) is 52.4 Å². The lowest BCUT2D eigenvalue weighted by molar-refractivity contribution is -0.136. The summed E-state index contributed by atoms with van der Waals surface area (Å²) in [6.45, 7) is 7.72. The van der Waals surface area contributed by atoms with Crippen molar-refractivity contribution < 1.29 is 4.79 Å². The summed E-state index contributed by atoms with van der Waals surface area (Å²) in [6.07, 6.45) is 8.57. The zero-order chi connectivity index (χ0) is 16.2. The predicted octanol–water partition coefficient (Wildman–Crippen LogP) is 2.71. The maximum atomic E-state index is 12.7. The lowest BCUT2D eigenvalue weighted by Crippen LogP contribution is -2.43. The molecule has 1 aromatic rings. The Balaban J connectivity index is 1.59. The minimum absolute atomic E-state index is 0.197. The molecule has 3 heterocycles. The van der Waals surface area contributed by atoms with E-state index in [0.29, 0.717) is 5.91 Å². The van der Waals surface area contributed by atoms with E-state index in [-0.39, 0.29) is 5.92 Å². The normalized spacial score (nSPS) is 20.4. The second kappa shape index (κ2) is 7.28. The summed E-state index contributed by atoms with van der Waals surface area (Å²) >= 11 is 0. The molecule has 5 heteroatoms. The van der Waals surface area contributed by atoms with E-state index in [9.17, 15) is 4.79 Å². The summed E-state index contributed by atoms with van der Waals surface area (Å²) < 4.78 is 0. The molecule has 23 heavy (non-hydrogen) atoms. The Kier molecular flexibility index (Phi) is 5.13. The third kappa shape index (κ3) is 3.82. The molecule has 5 nitrogen and oxygen atoms in total. The molecule has 0 bridgehead atoms. The van der Waals surface area contributed by atoms with Crippen LogP contribution in [0.15, 0.2) is 6.20 Å². The van der Waals surface area contributed by atoms with Crippen LogP contribution in [0.3, 0.4) is 0 Å². The van der Waals surface area contributed by atoms with Crippen molar-refractivity contribution in [3.63, 3.8) is 0 Å². The summed E-state index contributed by atoms with van der Waals surface area (Å²) in [5.74, 6) is 1.58. The number of anilines is 1. The molecule has 0 N–H and O–H groups in total. The molecular formula is C18H28N4O. The molecule has 2 aliphatic rings. The van der Waals surface area contributed by atoms with E-state index in [4.69, 9.17) is 0 Å². The van der Waals surface area contributed by atoms with E-state index in [1.165, 1.54) is 25.7 Å². The molecule has 0 aliphatic carbocycles. The summed E-state index contributed by atoms with van der Waals surface area (Å²) in [7, 11) is 0. The number of hydrogen-bond donors (Lipinski definition) is 0. The fourth-order valence-electron chi connectivity index (χ4n) is 3.71. The SMILES string of the molecule is Cc1cnc(C)c(N2CCC(C(=O)N3CCCCCC3)CC2)n1. The molecule has 3 rings (SSSR count). The van der Waals surface area contributed by atoms with Gasteiger partial charge < -0.3 is 9.80 Å². The van der Waals surface area contributed by atoms with E-state index in [1.807, 2.05) is 20.0 Å². The van der Waals surface area contributed by atoms with Crippen molar-refractivity contribution in [2.24, 2.45) is 5.92 Å². The molecule has 0 atom stereocenters. The highest BCUT2D eigenvalue weighted by Crippen LogP contribution is 2.26. The van der Waals surface area contributed by atoms with Gasteiger partial charge in [0, 0.05) is 38.3 Å². The lowest BCUT2D eigenvalue weighted by atomic mass is 9.95. The Labute approximate surface area is 139 Å². The predicted molar refractivity (Wildman–Crippen MR) is 91.5 cm³/mol. The van der Waals surface area contributed by atoms with E-state index in [0.717, 1.165) is 56.2 Å². The van der Waals surface area contributed by atoms with Crippen molar-refractivity contribution in [3.8, 4) is 0 Å². The van der Waals surface area contributed by atoms with Crippen LogP contribution in [0.1, 0.15) is 49.9 Å². The second-order valence-corrected chi connectivity index (χ2v) is 6.92. The Morgan fingerprint density at radius 1 is 1.04 bits per heavy atom. The van der Waals surface area contributed by atoms with Gasteiger partial charge in [-0.15, -0.1) is 0 Å². The number of carbonyl (C=O) groups excluding carboxylic acids is 1. The molecule has 0 radical (unpaired) electrons. The van der Waals surface area contributed by atoms with Crippen molar-refractivity contribution >= 4 is 11.7 Å². The Morgan fingerprint density at radius 3 is 2.35 bits per heavy atom. The van der Waals surface area contributed by atoms with Gasteiger partial charge in [-0.1, -0.05) is 12.8 Å². The largest absolute Gasteiger partial charge is 0.355 e. The van der Waals surface area contributed by atoms with Gasteiger partial charge in [0.1, 0.15) is 5.82 Å². The standard InChI is InChI=1S/C18H28N4O/c1-14-13-19-15(2)17(20-14)21-11-7-16(8-12-21)18(23)22-9-5-3-4-6-10-22/h13,16H,3-12H2,1-2H3. The Hall–Kier alpha value is -1.65. The molecular weight excluding hydrogens is 288 g/mol. The number of piperidine rings is 1. The average molecular weight is 316 g/mol. The van der Waals surface area contributed by atoms with Crippen LogP contribution in [-0.4, -0.2) is 47.0 Å². The quantitative estimate of drug-likeness (QED) is 0.842. The molecule has 126 valence electrons. The number of aromatic nitrogens is 2. The Morgan fingerprint density at radius 2 is 1.70 bits per heavy atom. The highest BCUT2D eigenvalue weighted by atomic mass is 16.2. The summed E-state index contributed by atoms with van der Waals surface area (Å²) in [5, 5.41) is 0. The van der Waals surface area contributed by atoms with Gasteiger partial charge in [0.2, 0.25) is 5.91 Å². The summed E-state index contributed by atoms with van der Waals surface area (Å²) in [4.78, 5) is 26.2. The zero-order valence-electron chi connectivity index (χ0n) is 14.4. The number of carbonyl (C=O) groups is 1. The number of likely N-dealkylation sites (tertiary alicyclic amines) is 1. The molecule has 2 fully saturated rings. The third-order valence-corrected chi connectivity index (χ3v) is 5.11. The van der Waals surface area contributed by atoms with E-state index < -0.39 is 0 Å². The van der Waals surface area contributed by atoms with Gasteiger partial charge in [0.05, 0.1) is 11.4 Å². The van der Waals surface area contributed by atoms with Gasteiger partial charge in [-0.05, 0) is 39.5 Å². The highest BCUT2D eigenvalue weighted by molar-refractivity contribution is 5.79. The van der Waals surface area contributed by atoms with Crippen LogP contribution in [0.2, 0.25) is 0 Å². The van der Waals surface area contributed by atoms with Gasteiger partial charge in [0.25, 0.3) is 0 Å². The highest BCUT2D eigenvalue weighted by Gasteiger charge is 2.29. The monoisotopic (exact) mass is 316 g/mol. The number of aryl methyl sites for hydroxylation is 2. The number of amides is 1. The molecule has 0 saturated carbocycles. The lowest BCUT2D eigenvalue weighted by Gasteiger charge is -2.35. The van der Waals surface area contributed by atoms with Gasteiger partial charge in [0.15, 0.2) is 0 Å². The van der Waals surface area contributed by atoms with E-state index in [2.05, 4.69) is 19.8 Å². The van der Waals surface area contributed by atoms with Crippen molar-refractivity contribution in [1.82, 2.24) is 14.9 Å². The molecule has 2 aliphatic heterocycles. The van der Waals surface area contributed by atoms with Gasteiger partial charge in [-0.3, -0.25) is 9.78 Å². The minimum Gasteiger partial charge on any atom is -0.355 e. The zero-order valence-corrected chi connectivity index (χ0v) is 14.4. The van der Waals surface area contributed by atoms with Gasteiger partial charge >= 0.3 is 0 Å². The third-order valence-electron chi connectivity index (χ3n) is 5.11. The fraction of sp³-hybridized carbons (Fsp3) is 0.722. The first-order chi connectivity index (χ1) is 11.1. The smallest absolute Gasteiger partial charge is 0.225 e. The van der Waals surface area contributed by atoms with Crippen LogP contribution in [0.25, 0.3) is 0 Å². The van der Waals surface area contributed by atoms with Crippen molar-refractivity contribution in [2.75, 3.05) is 31.1 Å². The minimum atomic E-state index is 0.197. The van der Waals surface area contributed by atoms with Crippen molar-refractivity contribution in [3.05, 3.63) is 17.6 Å². The maximum Gasteiger partial charge on any atom is 0.225 e.